The molecule has 1 amide bonds. The monoisotopic (exact) mass is 359 g/mol. The molecule has 6 nitrogen and oxygen atoms in total. The topological polar surface area (TPSA) is 66.7 Å². The van der Waals surface area contributed by atoms with Crippen molar-refractivity contribution in [3.8, 4) is 0 Å². The first kappa shape index (κ1) is 18.7. The molecular weight excluding hydrogens is 330 g/mol. The fraction of sp³-hybridized carbons (Fsp3) is 0.650. The molecule has 0 spiro atoms. The van der Waals surface area contributed by atoms with Crippen molar-refractivity contribution in [2.45, 2.75) is 58.4 Å². The smallest absolute Gasteiger partial charge is 0.293 e. The Hall–Kier alpha value is -2.11. The summed E-state index contributed by atoms with van der Waals surface area (Å²) in [6.45, 7) is 6.73. The van der Waals surface area contributed by atoms with Gasteiger partial charge in [0.25, 0.3) is 11.6 Å². The summed E-state index contributed by atoms with van der Waals surface area (Å²) in [6, 6.07) is 5.27. The molecule has 2 heterocycles. The molecule has 26 heavy (non-hydrogen) atoms. The highest BCUT2D eigenvalue weighted by Crippen LogP contribution is 2.33. The lowest BCUT2D eigenvalue weighted by atomic mass is 9.97. The van der Waals surface area contributed by atoms with E-state index in [1.165, 1.54) is 6.07 Å². The van der Waals surface area contributed by atoms with Gasteiger partial charge in [0.1, 0.15) is 5.69 Å². The Labute approximate surface area is 155 Å². The number of likely N-dealkylation sites (tertiary alicyclic amines) is 1. The number of rotatable bonds is 4. The Balaban J connectivity index is 1.86. The van der Waals surface area contributed by atoms with Crippen LogP contribution in [0.15, 0.2) is 18.2 Å². The summed E-state index contributed by atoms with van der Waals surface area (Å²) in [7, 11) is 0. The molecule has 0 N–H and O–H groups in total. The fourth-order valence-corrected chi connectivity index (χ4v) is 4.18. The SMILES string of the molecule is CCC1CCCCN1C(=O)c1ccc(N2CCC(C)CC2)c([N+](=O)[O-])c1. The molecular formula is C20H29N3O3. The lowest BCUT2D eigenvalue weighted by Crippen LogP contribution is -2.43. The van der Waals surface area contributed by atoms with E-state index in [1.807, 2.05) is 4.90 Å². The minimum Gasteiger partial charge on any atom is -0.366 e. The minimum absolute atomic E-state index is 0.0514. The maximum absolute atomic E-state index is 13.0. The molecule has 2 aliphatic rings. The van der Waals surface area contributed by atoms with Crippen LogP contribution in [0.4, 0.5) is 11.4 Å². The van der Waals surface area contributed by atoms with E-state index in [9.17, 15) is 14.9 Å². The van der Waals surface area contributed by atoms with Gasteiger partial charge >= 0.3 is 0 Å². The highest BCUT2D eigenvalue weighted by atomic mass is 16.6. The predicted octanol–water partition coefficient (Wildman–Crippen LogP) is 4.24. The van der Waals surface area contributed by atoms with Crippen LogP contribution in [0.3, 0.4) is 0 Å². The molecule has 1 aromatic carbocycles. The lowest BCUT2D eigenvalue weighted by Gasteiger charge is -2.35. The number of anilines is 1. The van der Waals surface area contributed by atoms with Gasteiger partial charge < -0.3 is 9.80 Å². The van der Waals surface area contributed by atoms with Crippen LogP contribution in [-0.4, -0.2) is 41.4 Å². The van der Waals surface area contributed by atoms with Gasteiger partial charge in [-0.25, -0.2) is 0 Å². The second-order valence-electron chi connectivity index (χ2n) is 7.69. The van der Waals surface area contributed by atoms with Crippen molar-refractivity contribution < 1.29 is 9.72 Å². The van der Waals surface area contributed by atoms with Crippen molar-refractivity contribution in [1.82, 2.24) is 4.90 Å². The van der Waals surface area contributed by atoms with Gasteiger partial charge in [-0.15, -0.1) is 0 Å². The molecule has 1 atom stereocenters. The van der Waals surface area contributed by atoms with Crippen LogP contribution in [0.25, 0.3) is 0 Å². The molecule has 1 aromatic rings. The number of piperidine rings is 2. The first-order valence-corrected chi connectivity index (χ1v) is 9.85. The third-order valence-electron chi connectivity index (χ3n) is 5.90. The summed E-state index contributed by atoms with van der Waals surface area (Å²) in [5, 5.41) is 11.7. The third-order valence-corrected chi connectivity index (χ3v) is 5.90. The summed E-state index contributed by atoms with van der Waals surface area (Å²) in [6.07, 6.45) is 6.20. The van der Waals surface area contributed by atoms with Gasteiger partial charge in [0.05, 0.1) is 4.92 Å². The quantitative estimate of drug-likeness (QED) is 0.596. The number of nitrogens with zero attached hydrogens (tertiary/aromatic N) is 3. The third kappa shape index (κ3) is 3.84. The number of benzene rings is 1. The molecule has 0 radical (unpaired) electrons. The highest BCUT2D eigenvalue weighted by Gasteiger charge is 2.29. The van der Waals surface area contributed by atoms with Crippen molar-refractivity contribution in [2.24, 2.45) is 5.92 Å². The lowest BCUT2D eigenvalue weighted by molar-refractivity contribution is -0.384. The van der Waals surface area contributed by atoms with Crippen LogP contribution in [-0.2, 0) is 0 Å². The molecule has 3 rings (SSSR count). The molecule has 0 aromatic heterocycles. The van der Waals surface area contributed by atoms with Crippen molar-refractivity contribution in [3.05, 3.63) is 33.9 Å². The number of amides is 1. The van der Waals surface area contributed by atoms with E-state index < -0.39 is 0 Å². The van der Waals surface area contributed by atoms with Crippen LogP contribution in [0.1, 0.15) is 62.7 Å². The van der Waals surface area contributed by atoms with E-state index in [2.05, 4.69) is 18.7 Å². The summed E-state index contributed by atoms with van der Waals surface area (Å²) in [4.78, 5) is 28.3. The van der Waals surface area contributed by atoms with E-state index in [0.29, 0.717) is 17.2 Å². The van der Waals surface area contributed by atoms with Gasteiger partial charge in [-0.3, -0.25) is 14.9 Å². The van der Waals surface area contributed by atoms with E-state index in [1.54, 1.807) is 12.1 Å². The minimum atomic E-state index is -0.350. The number of hydrogen-bond acceptors (Lipinski definition) is 4. The molecule has 6 heteroatoms. The largest absolute Gasteiger partial charge is 0.366 e. The van der Waals surface area contributed by atoms with Crippen molar-refractivity contribution in [3.63, 3.8) is 0 Å². The zero-order valence-electron chi connectivity index (χ0n) is 15.8. The zero-order chi connectivity index (χ0) is 18.7. The Morgan fingerprint density at radius 2 is 1.92 bits per heavy atom. The van der Waals surface area contributed by atoms with E-state index in [4.69, 9.17) is 0 Å². The second-order valence-corrected chi connectivity index (χ2v) is 7.69. The number of carbonyl (C=O) groups excluding carboxylic acids is 1. The second kappa shape index (κ2) is 8.06. The maximum Gasteiger partial charge on any atom is 0.293 e. The van der Waals surface area contributed by atoms with E-state index in [0.717, 1.165) is 58.2 Å². The Bertz CT molecular complexity index is 668. The molecule has 0 aliphatic carbocycles. The number of nitro groups is 1. The van der Waals surface area contributed by atoms with E-state index in [-0.39, 0.29) is 22.6 Å². The molecule has 2 fully saturated rings. The average molecular weight is 359 g/mol. The van der Waals surface area contributed by atoms with E-state index >= 15 is 0 Å². The number of nitro benzene ring substituents is 1. The van der Waals surface area contributed by atoms with Crippen molar-refractivity contribution in [2.75, 3.05) is 24.5 Å². The normalized spacial score (nSPS) is 21.7. The summed E-state index contributed by atoms with van der Waals surface area (Å²) >= 11 is 0. The van der Waals surface area contributed by atoms with Crippen molar-refractivity contribution >= 4 is 17.3 Å². The molecule has 142 valence electrons. The molecule has 1 unspecified atom stereocenters. The predicted molar refractivity (Wildman–Crippen MR) is 103 cm³/mol. The summed E-state index contributed by atoms with van der Waals surface area (Å²) in [5.41, 5.74) is 1.13. The first-order valence-electron chi connectivity index (χ1n) is 9.85. The Kier molecular flexibility index (Phi) is 5.79. The van der Waals surface area contributed by atoms with Gasteiger partial charge in [-0.2, -0.15) is 0 Å². The van der Waals surface area contributed by atoms with Crippen LogP contribution in [0.5, 0.6) is 0 Å². The molecule has 2 saturated heterocycles. The Morgan fingerprint density at radius 3 is 2.58 bits per heavy atom. The van der Waals surface area contributed by atoms with Gasteiger partial charge in [-0.1, -0.05) is 13.8 Å². The van der Waals surface area contributed by atoms with Gasteiger partial charge in [0.2, 0.25) is 0 Å². The Morgan fingerprint density at radius 1 is 1.19 bits per heavy atom. The number of hydrogen-bond donors (Lipinski definition) is 0. The van der Waals surface area contributed by atoms with Gasteiger partial charge in [0, 0.05) is 37.3 Å². The standard InChI is InChI=1S/C20H29N3O3/c1-3-17-6-4-5-11-22(17)20(24)16-7-8-18(19(14-16)23(25)26)21-12-9-15(2)10-13-21/h7-8,14-15,17H,3-6,9-13H2,1-2H3. The van der Waals surface area contributed by atoms with Crippen LogP contribution < -0.4 is 4.90 Å². The van der Waals surface area contributed by atoms with Crippen molar-refractivity contribution in [1.29, 1.82) is 0 Å². The zero-order valence-corrected chi connectivity index (χ0v) is 15.8. The van der Waals surface area contributed by atoms with Crippen LogP contribution >= 0.6 is 0 Å². The van der Waals surface area contributed by atoms with Gasteiger partial charge in [0.15, 0.2) is 0 Å². The van der Waals surface area contributed by atoms with Crippen LogP contribution in [0, 0.1) is 16.0 Å². The highest BCUT2D eigenvalue weighted by molar-refractivity contribution is 5.96. The fourth-order valence-electron chi connectivity index (χ4n) is 4.18. The molecule has 0 bridgehead atoms. The summed E-state index contributed by atoms with van der Waals surface area (Å²) in [5.74, 6) is 0.592. The van der Waals surface area contributed by atoms with Gasteiger partial charge in [-0.05, 0) is 56.6 Å². The number of carbonyl (C=O) groups is 1. The maximum atomic E-state index is 13.0. The first-order chi connectivity index (χ1) is 12.5. The summed E-state index contributed by atoms with van der Waals surface area (Å²) < 4.78 is 0. The van der Waals surface area contributed by atoms with Crippen LogP contribution in [0.2, 0.25) is 0 Å². The molecule has 0 saturated carbocycles. The average Bonchev–Trinajstić information content (AvgIpc) is 2.67. The molecule has 2 aliphatic heterocycles.